The van der Waals surface area contributed by atoms with Gasteiger partial charge in [-0.1, -0.05) is 18.9 Å². The summed E-state index contributed by atoms with van der Waals surface area (Å²) in [5, 5.41) is 0. The summed E-state index contributed by atoms with van der Waals surface area (Å²) in [4.78, 5) is 41.3. The summed E-state index contributed by atoms with van der Waals surface area (Å²) in [6.07, 6.45) is 3.52. The van der Waals surface area contributed by atoms with E-state index in [1.165, 1.54) is 0 Å². The van der Waals surface area contributed by atoms with Gasteiger partial charge < -0.3 is 9.47 Å². The van der Waals surface area contributed by atoms with Gasteiger partial charge in [0.25, 0.3) is 0 Å². The highest BCUT2D eigenvalue weighted by Gasteiger charge is 2.48. The lowest BCUT2D eigenvalue weighted by atomic mass is 10.2. The molecule has 152 valence electrons. The van der Waals surface area contributed by atoms with Crippen molar-refractivity contribution in [3.8, 4) is 11.5 Å². The fraction of sp³-hybridized carbons (Fsp3) is 0.550. The van der Waals surface area contributed by atoms with Crippen LogP contribution < -0.4 is 9.47 Å². The Morgan fingerprint density at radius 3 is 2.46 bits per heavy atom. The highest BCUT2D eigenvalue weighted by molar-refractivity contribution is 6.44. The van der Waals surface area contributed by atoms with E-state index in [0.29, 0.717) is 24.7 Å². The quantitative estimate of drug-likeness (QED) is 0.501. The lowest BCUT2D eigenvalue weighted by Gasteiger charge is -2.24. The molecule has 0 bridgehead atoms. The van der Waals surface area contributed by atoms with E-state index in [2.05, 4.69) is 0 Å². The molecule has 0 aromatic heterocycles. The lowest BCUT2D eigenvalue weighted by Crippen LogP contribution is -2.42. The molecule has 0 atom stereocenters. The van der Waals surface area contributed by atoms with Gasteiger partial charge >= 0.3 is 17.8 Å². The van der Waals surface area contributed by atoms with Crippen LogP contribution in [0.4, 0.5) is 4.79 Å². The standard InChI is InChI=1S/C20H27N3O5/c1-4-28-16-10-9-14(11-17(16)27-3)12-21(2)13-22-18(24)19(25)23(20(22)26)15-7-5-6-8-15/h9-11,15H,4-8,12-13H2,1-3H3. The van der Waals surface area contributed by atoms with Gasteiger partial charge in [0.15, 0.2) is 11.5 Å². The van der Waals surface area contributed by atoms with Gasteiger partial charge in [-0.3, -0.25) is 19.4 Å². The average Bonchev–Trinajstić information content (AvgIpc) is 3.26. The van der Waals surface area contributed by atoms with Gasteiger partial charge in [-0.15, -0.1) is 0 Å². The number of imide groups is 2. The van der Waals surface area contributed by atoms with Crippen molar-refractivity contribution in [2.24, 2.45) is 0 Å². The number of methoxy groups -OCH3 is 1. The molecule has 3 rings (SSSR count). The van der Waals surface area contributed by atoms with Crippen molar-refractivity contribution in [3.05, 3.63) is 23.8 Å². The Balaban J connectivity index is 1.66. The largest absolute Gasteiger partial charge is 0.493 e. The molecule has 1 aromatic rings. The minimum atomic E-state index is -0.743. The molecule has 0 radical (unpaired) electrons. The van der Waals surface area contributed by atoms with E-state index in [4.69, 9.17) is 9.47 Å². The molecular weight excluding hydrogens is 362 g/mol. The normalized spacial score (nSPS) is 17.9. The van der Waals surface area contributed by atoms with E-state index in [-0.39, 0.29) is 12.7 Å². The van der Waals surface area contributed by atoms with Crippen LogP contribution in [0.15, 0.2) is 18.2 Å². The zero-order valence-electron chi connectivity index (χ0n) is 16.6. The molecule has 1 saturated heterocycles. The number of amides is 4. The maximum absolute atomic E-state index is 12.7. The predicted molar refractivity (Wildman–Crippen MR) is 102 cm³/mol. The maximum Gasteiger partial charge on any atom is 0.335 e. The Kier molecular flexibility index (Phi) is 6.18. The van der Waals surface area contributed by atoms with E-state index in [1.807, 2.05) is 30.0 Å². The van der Waals surface area contributed by atoms with Gasteiger partial charge in [0.05, 0.1) is 20.4 Å². The van der Waals surface area contributed by atoms with Gasteiger partial charge in [0, 0.05) is 12.6 Å². The smallest absolute Gasteiger partial charge is 0.335 e. The van der Waals surface area contributed by atoms with Gasteiger partial charge in [0.2, 0.25) is 0 Å². The van der Waals surface area contributed by atoms with E-state index in [1.54, 1.807) is 14.2 Å². The molecule has 0 spiro atoms. The van der Waals surface area contributed by atoms with E-state index < -0.39 is 17.8 Å². The number of nitrogens with zero attached hydrogens (tertiary/aromatic N) is 3. The third-order valence-corrected chi connectivity index (χ3v) is 5.14. The molecule has 28 heavy (non-hydrogen) atoms. The minimum absolute atomic E-state index is 0.0577. The van der Waals surface area contributed by atoms with Gasteiger partial charge in [0.1, 0.15) is 0 Å². The Morgan fingerprint density at radius 1 is 1.11 bits per heavy atom. The molecule has 8 nitrogen and oxygen atoms in total. The van der Waals surface area contributed by atoms with Crippen LogP contribution in [0.25, 0.3) is 0 Å². The van der Waals surface area contributed by atoms with Crippen LogP contribution >= 0.6 is 0 Å². The Bertz CT molecular complexity index is 760. The molecule has 1 aliphatic carbocycles. The number of ether oxygens (including phenoxy) is 2. The van der Waals surface area contributed by atoms with Crippen LogP contribution in [0, 0.1) is 0 Å². The molecule has 1 aromatic carbocycles. The summed E-state index contributed by atoms with van der Waals surface area (Å²) in [6, 6.07) is 4.97. The molecular formula is C20H27N3O5. The second-order valence-electron chi connectivity index (χ2n) is 7.20. The van der Waals surface area contributed by atoms with Crippen molar-refractivity contribution in [2.75, 3.05) is 27.4 Å². The number of hydrogen-bond acceptors (Lipinski definition) is 6. The third-order valence-electron chi connectivity index (χ3n) is 5.14. The Hall–Kier alpha value is -2.61. The fourth-order valence-electron chi connectivity index (χ4n) is 3.82. The first-order valence-corrected chi connectivity index (χ1v) is 9.63. The number of urea groups is 1. The fourth-order valence-corrected chi connectivity index (χ4v) is 3.82. The third kappa shape index (κ3) is 3.96. The van der Waals surface area contributed by atoms with Crippen molar-refractivity contribution in [1.82, 2.24) is 14.7 Å². The zero-order chi connectivity index (χ0) is 20.3. The predicted octanol–water partition coefficient (Wildman–Crippen LogP) is 2.22. The first-order chi connectivity index (χ1) is 13.5. The summed E-state index contributed by atoms with van der Waals surface area (Å²) in [5.74, 6) is -0.149. The summed E-state index contributed by atoms with van der Waals surface area (Å²) < 4.78 is 10.9. The Labute approximate surface area is 165 Å². The van der Waals surface area contributed by atoms with Crippen molar-refractivity contribution < 1.29 is 23.9 Å². The molecule has 1 heterocycles. The maximum atomic E-state index is 12.7. The van der Waals surface area contributed by atoms with Crippen LogP contribution in [0.1, 0.15) is 38.2 Å². The SMILES string of the molecule is CCOc1ccc(CN(C)CN2C(=O)C(=O)N(C3CCCC3)C2=O)cc1OC. The molecule has 2 fully saturated rings. The molecule has 0 unspecified atom stereocenters. The van der Waals surface area contributed by atoms with Crippen LogP contribution in [-0.2, 0) is 16.1 Å². The molecule has 0 N–H and O–H groups in total. The number of carbonyl (C=O) groups excluding carboxylic acids is 3. The zero-order valence-corrected chi connectivity index (χ0v) is 16.6. The van der Waals surface area contributed by atoms with Crippen LogP contribution in [-0.4, -0.2) is 66.0 Å². The molecule has 8 heteroatoms. The van der Waals surface area contributed by atoms with Crippen molar-refractivity contribution in [2.45, 2.75) is 45.2 Å². The average molecular weight is 389 g/mol. The Morgan fingerprint density at radius 2 is 1.82 bits per heavy atom. The van der Waals surface area contributed by atoms with Crippen LogP contribution in [0.3, 0.4) is 0 Å². The van der Waals surface area contributed by atoms with Crippen molar-refractivity contribution in [3.63, 3.8) is 0 Å². The molecule has 1 aliphatic heterocycles. The van der Waals surface area contributed by atoms with E-state index in [9.17, 15) is 14.4 Å². The highest BCUT2D eigenvalue weighted by Crippen LogP contribution is 2.29. The first-order valence-electron chi connectivity index (χ1n) is 9.63. The minimum Gasteiger partial charge on any atom is -0.493 e. The number of benzene rings is 1. The van der Waals surface area contributed by atoms with Crippen LogP contribution in [0.2, 0.25) is 0 Å². The van der Waals surface area contributed by atoms with E-state index >= 15 is 0 Å². The number of hydrogen-bond donors (Lipinski definition) is 0. The van der Waals surface area contributed by atoms with Crippen molar-refractivity contribution in [1.29, 1.82) is 0 Å². The number of rotatable bonds is 8. The van der Waals surface area contributed by atoms with E-state index in [0.717, 1.165) is 41.0 Å². The van der Waals surface area contributed by atoms with Crippen LogP contribution in [0.5, 0.6) is 11.5 Å². The second kappa shape index (κ2) is 8.60. The lowest BCUT2D eigenvalue weighted by molar-refractivity contribution is -0.144. The number of carbonyl (C=O) groups is 3. The second-order valence-corrected chi connectivity index (χ2v) is 7.20. The monoisotopic (exact) mass is 389 g/mol. The van der Waals surface area contributed by atoms with Gasteiger partial charge in [-0.2, -0.15) is 0 Å². The summed E-state index contributed by atoms with van der Waals surface area (Å²) in [7, 11) is 3.38. The molecule has 4 amide bonds. The van der Waals surface area contributed by atoms with Gasteiger partial charge in [-0.05, 0) is 44.5 Å². The van der Waals surface area contributed by atoms with Gasteiger partial charge in [-0.25, -0.2) is 9.69 Å². The first kappa shape index (κ1) is 20.1. The van der Waals surface area contributed by atoms with Crippen molar-refractivity contribution >= 4 is 17.8 Å². The highest BCUT2D eigenvalue weighted by atomic mass is 16.5. The summed E-state index contributed by atoms with van der Waals surface area (Å²) in [5.41, 5.74) is 0.945. The molecule has 1 saturated carbocycles. The topological polar surface area (TPSA) is 79.4 Å². The summed E-state index contributed by atoms with van der Waals surface area (Å²) >= 11 is 0. The molecule has 2 aliphatic rings. The summed E-state index contributed by atoms with van der Waals surface area (Å²) in [6.45, 7) is 2.99.